The average Bonchev–Trinajstić information content (AvgIpc) is 3.06. The summed E-state index contributed by atoms with van der Waals surface area (Å²) in [5.74, 6) is -0.430. The Morgan fingerprint density at radius 1 is 1.21 bits per heavy atom. The second-order valence-electron chi connectivity index (χ2n) is 7.68. The molecule has 1 saturated heterocycles. The van der Waals surface area contributed by atoms with Gasteiger partial charge in [0.15, 0.2) is 5.72 Å². The molecule has 0 aliphatic carbocycles. The summed E-state index contributed by atoms with van der Waals surface area (Å²) in [5, 5.41) is 14.5. The van der Waals surface area contributed by atoms with Gasteiger partial charge in [-0.05, 0) is 56.3 Å². The van der Waals surface area contributed by atoms with Crippen LogP contribution in [0.15, 0.2) is 54.7 Å². The Morgan fingerprint density at radius 2 is 2.00 bits per heavy atom. The van der Waals surface area contributed by atoms with Crippen LogP contribution in [0.25, 0.3) is 10.9 Å². The van der Waals surface area contributed by atoms with Crippen molar-refractivity contribution in [3.05, 3.63) is 65.9 Å². The molecule has 33 heavy (non-hydrogen) atoms. The summed E-state index contributed by atoms with van der Waals surface area (Å²) in [5.41, 5.74) is -1.63. The number of aromatic nitrogens is 1. The Hall–Kier alpha value is -3.72. The molecule has 0 unspecified atom stereocenters. The molecule has 0 spiro atoms. The molecule has 8 nitrogen and oxygen atoms in total. The molecule has 0 atom stereocenters. The zero-order valence-corrected chi connectivity index (χ0v) is 17.6. The van der Waals surface area contributed by atoms with Crippen molar-refractivity contribution in [1.82, 2.24) is 10.0 Å². The number of nitriles is 1. The van der Waals surface area contributed by atoms with E-state index in [1.165, 1.54) is 17.2 Å². The van der Waals surface area contributed by atoms with Gasteiger partial charge in [-0.3, -0.25) is 9.78 Å². The summed E-state index contributed by atoms with van der Waals surface area (Å²) in [6.07, 6.45) is -3.09. The lowest BCUT2D eigenvalue weighted by molar-refractivity contribution is -0.172. The van der Waals surface area contributed by atoms with E-state index in [-0.39, 0.29) is 12.2 Å². The van der Waals surface area contributed by atoms with Gasteiger partial charge in [0.05, 0.1) is 34.1 Å². The third-order valence-corrected chi connectivity index (χ3v) is 4.93. The maximum Gasteiger partial charge on any atom is 0.417 e. The number of carbonyl (C=O) groups is 1. The van der Waals surface area contributed by atoms with E-state index in [1.807, 2.05) is 12.1 Å². The minimum atomic E-state index is -4.73. The minimum absolute atomic E-state index is 0.0857. The number of fused-ring (bicyclic) bond motifs is 1. The number of alkyl halides is 3. The highest BCUT2D eigenvalue weighted by Crippen LogP contribution is 2.37. The molecular weight excluding hydrogens is 439 g/mol. The van der Waals surface area contributed by atoms with Crippen LogP contribution in [0.3, 0.4) is 0 Å². The molecule has 11 heteroatoms. The Kier molecular flexibility index (Phi) is 5.67. The summed E-state index contributed by atoms with van der Waals surface area (Å²) in [6.45, 7) is 2.91. The molecule has 1 fully saturated rings. The van der Waals surface area contributed by atoms with Gasteiger partial charge in [-0.15, -0.1) is 10.3 Å². The van der Waals surface area contributed by atoms with E-state index < -0.39 is 28.9 Å². The van der Waals surface area contributed by atoms with Crippen LogP contribution in [0.5, 0.6) is 0 Å². The third kappa shape index (κ3) is 4.58. The van der Waals surface area contributed by atoms with Crippen molar-refractivity contribution < 1.29 is 27.7 Å². The number of nitrogens with one attached hydrogen (secondary N) is 1. The third-order valence-electron chi connectivity index (χ3n) is 4.93. The lowest BCUT2D eigenvalue weighted by Crippen LogP contribution is -2.43. The fourth-order valence-electron chi connectivity index (χ4n) is 3.28. The second kappa shape index (κ2) is 8.32. The highest BCUT2D eigenvalue weighted by atomic mass is 19.4. The van der Waals surface area contributed by atoms with Gasteiger partial charge < -0.3 is 5.32 Å². The van der Waals surface area contributed by atoms with Crippen LogP contribution in [0.4, 0.5) is 24.5 Å². The maximum atomic E-state index is 13.3. The molecule has 0 bridgehead atoms. The molecule has 1 aliphatic heterocycles. The number of halogens is 3. The molecular formula is C22H18F3N5O3. The van der Waals surface area contributed by atoms with Crippen LogP contribution < -0.4 is 10.5 Å². The molecule has 170 valence electrons. The first kappa shape index (κ1) is 22.5. The monoisotopic (exact) mass is 457 g/mol. The van der Waals surface area contributed by atoms with Gasteiger partial charge in [-0.25, -0.2) is 4.84 Å². The van der Waals surface area contributed by atoms with Crippen LogP contribution in [-0.2, 0) is 20.7 Å². The van der Waals surface area contributed by atoms with Crippen LogP contribution >= 0.6 is 0 Å². The first-order valence-corrected chi connectivity index (χ1v) is 9.78. The van der Waals surface area contributed by atoms with E-state index in [1.54, 1.807) is 38.2 Å². The number of carbonyl (C=O) groups excluding carboxylic acids is 1. The average molecular weight is 457 g/mol. The summed E-state index contributed by atoms with van der Waals surface area (Å²) in [6, 6.07) is 13.4. The fourth-order valence-corrected chi connectivity index (χ4v) is 3.28. The number of hydrogen-bond acceptors (Lipinski definition) is 7. The van der Waals surface area contributed by atoms with Crippen molar-refractivity contribution in [1.29, 1.82) is 5.26 Å². The Morgan fingerprint density at radius 3 is 2.73 bits per heavy atom. The van der Waals surface area contributed by atoms with Crippen molar-refractivity contribution in [2.24, 2.45) is 0 Å². The lowest BCUT2D eigenvalue weighted by Gasteiger charge is -2.23. The Bertz CT molecular complexity index is 1250. The largest absolute Gasteiger partial charge is 0.417 e. The molecule has 0 saturated carbocycles. The SMILES string of the molecule is CC1(C)ON(c2ccc(C#N)c(C(F)(F)F)c2)ON1CC(=O)Nc1cccc2ncccc12. The van der Waals surface area contributed by atoms with Crippen LogP contribution in [0, 0.1) is 11.3 Å². The standard InChI is InChI=1S/C22H18F3N5O3/c1-21(2)29(13-20(31)28-19-7-3-6-18-16(19)5-4-10-27-18)33-30(32-21)15-9-8-14(12-26)17(11-15)22(23,24)25/h3-11H,13H2,1-2H3,(H,28,31). The molecule has 1 aromatic heterocycles. The first-order chi connectivity index (χ1) is 15.6. The van der Waals surface area contributed by atoms with E-state index in [2.05, 4.69) is 10.3 Å². The first-order valence-electron chi connectivity index (χ1n) is 9.78. The number of hydroxylamine groups is 2. The fraction of sp³-hybridized carbons (Fsp3) is 0.227. The predicted octanol–water partition coefficient (Wildman–Crippen LogP) is 4.40. The predicted molar refractivity (Wildman–Crippen MR) is 112 cm³/mol. The molecule has 2 aromatic carbocycles. The van der Waals surface area contributed by atoms with Crippen molar-refractivity contribution in [2.75, 3.05) is 17.1 Å². The molecule has 3 aromatic rings. The normalized spacial score (nSPS) is 16.1. The minimum Gasteiger partial charge on any atom is -0.324 e. The lowest BCUT2D eigenvalue weighted by atomic mass is 10.1. The molecule has 4 rings (SSSR count). The highest BCUT2D eigenvalue weighted by molar-refractivity contribution is 6.01. The maximum absolute atomic E-state index is 13.3. The van der Waals surface area contributed by atoms with Gasteiger partial charge in [0, 0.05) is 11.6 Å². The van der Waals surface area contributed by atoms with Crippen LogP contribution in [0.1, 0.15) is 25.0 Å². The smallest absolute Gasteiger partial charge is 0.324 e. The van der Waals surface area contributed by atoms with Gasteiger partial charge in [-0.2, -0.15) is 23.4 Å². The van der Waals surface area contributed by atoms with Gasteiger partial charge in [0.25, 0.3) is 0 Å². The molecule has 1 N–H and O–H groups in total. The number of pyridine rings is 1. The van der Waals surface area contributed by atoms with Crippen LogP contribution in [-0.4, -0.2) is 28.2 Å². The highest BCUT2D eigenvalue weighted by Gasteiger charge is 2.43. The number of nitrogens with zero attached hydrogens (tertiary/aromatic N) is 4. The second-order valence-corrected chi connectivity index (χ2v) is 7.68. The topological polar surface area (TPSA) is 90.7 Å². The zero-order chi connectivity index (χ0) is 23.8. The van der Waals surface area contributed by atoms with E-state index in [0.29, 0.717) is 11.2 Å². The van der Waals surface area contributed by atoms with Gasteiger partial charge in [0.1, 0.15) is 6.54 Å². The molecule has 2 heterocycles. The number of benzene rings is 2. The number of amides is 1. The summed E-state index contributed by atoms with van der Waals surface area (Å²) in [4.78, 5) is 28.1. The molecule has 1 amide bonds. The summed E-state index contributed by atoms with van der Waals surface area (Å²) < 4.78 is 39.9. The van der Waals surface area contributed by atoms with E-state index in [9.17, 15) is 18.0 Å². The van der Waals surface area contributed by atoms with Crippen molar-refractivity contribution >= 4 is 28.2 Å². The number of anilines is 2. The summed E-state index contributed by atoms with van der Waals surface area (Å²) in [7, 11) is 0. The van der Waals surface area contributed by atoms with Gasteiger partial charge in [0.2, 0.25) is 5.91 Å². The zero-order valence-electron chi connectivity index (χ0n) is 17.6. The molecule has 1 aliphatic rings. The van der Waals surface area contributed by atoms with Crippen molar-refractivity contribution in [3.63, 3.8) is 0 Å². The van der Waals surface area contributed by atoms with E-state index >= 15 is 0 Å². The Labute approximate surface area is 186 Å². The summed E-state index contributed by atoms with van der Waals surface area (Å²) >= 11 is 0. The van der Waals surface area contributed by atoms with Crippen molar-refractivity contribution in [3.8, 4) is 6.07 Å². The van der Waals surface area contributed by atoms with Gasteiger partial charge >= 0.3 is 6.18 Å². The van der Waals surface area contributed by atoms with E-state index in [0.717, 1.165) is 22.7 Å². The number of hydrogen-bond donors (Lipinski definition) is 1. The molecule has 0 radical (unpaired) electrons. The van der Waals surface area contributed by atoms with Crippen LogP contribution in [0.2, 0.25) is 0 Å². The number of rotatable bonds is 4. The van der Waals surface area contributed by atoms with Crippen molar-refractivity contribution in [2.45, 2.75) is 25.7 Å². The quantitative estimate of drug-likeness (QED) is 0.621. The van der Waals surface area contributed by atoms with Gasteiger partial charge in [-0.1, -0.05) is 6.07 Å². The van der Waals surface area contributed by atoms with E-state index in [4.69, 9.17) is 15.0 Å². The Balaban J connectivity index is 1.51.